The van der Waals surface area contributed by atoms with Crippen LogP contribution >= 0.6 is 0 Å². The molecule has 118 valence electrons. The van der Waals surface area contributed by atoms with E-state index >= 15 is 0 Å². The van der Waals surface area contributed by atoms with Crippen LogP contribution in [0.5, 0.6) is 0 Å². The second kappa shape index (κ2) is 5.96. The summed E-state index contributed by atoms with van der Waals surface area (Å²) in [7, 11) is 2.17. The van der Waals surface area contributed by atoms with E-state index < -0.39 is 0 Å². The van der Waals surface area contributed by atoms with Crippen LogP contribution in [0.3, 0.4) is 0 Å². The molecule has 2 aromatic heterocycles. The first-order valence-corrected chi connectivity index (χ1v) is 7.99. The molecule has 1 saturated heterocycles. The number of aromatic nitrogens is 4. The monoisotopic (exact) mass is 308 g/mol. The fraction of sp³-hybridized carbons (Fsp3) is 0.353. The lowest BCUT2D eigenvalue weighted by Crippen LogP contribution is -2.31. The van der Waals surface area contributed by atoms with Crippen LogP contribution < -0.4 is 5.32 Å². The summed E-state index contributed by atoms with van der Waals surface area (Å²) in [5, 5.41) is 8.79. The number of para-hydroxylation sites is 1. The predicted molar refractivity (Wildman–Crippen MR) is 90.8 cm³/mol. The first-order valence-electron chi connectivity index (χ1n) is 7.99. The summed E-state index contributed by atoms with van der Waals surface area (Å²) in [6.07, 6.45) is 8.02. The average molecular weight is 308 g/mol. The Bertz CT molecular complexity index is 803. The van der Waals surface area contributed by atoms with Gasteiger partial charge in [-0.15, -0.1) is 0 Å². The molecule has 0 spiro atoms. The van der Waals surface area contributed by atoms with Crippen molar-refractivity contribution in [2.45, 2.75) is 18.9 Å². The van der Waals surface area contributed by atoms with E-state index in [0.717, 1.165) is 42.5 Å². The average Bonchev–Trinajstić information content (AvgIpc) is 3.04. The van der Waals surface area contributed by atoms with E-state index in [4.69, 9.17) is 0 Å². The van der Waals surface area contributed by atoms with Gasteiger partial charge in [-0.25, -0.2) is 9.97 Å². The van der Waals surface area contributed by atoms with Crippen molar-refractivity contribution in [2.75, 3.05) is 25.5 Å². The lowest BCUT2D eigenvalue weighted by atomic mass is 10.1. The largest absolute Gasteiger partial charge is 0.321 e. The Kier molecular flexibility index (Phi) is 3.67. The molecule has 0 bridgehead atoms. The van der Waals surface area contributed by atoms with Gasteiger partial charge in [-0.3, -0.25) is 4.68 Å². The number of nitrogens with one attached hydrogen (secondary N) is 1. The molecular weight excluding hydrogens is 288 g/mol. The molecule has 1 aliphatic rings. The molecule has 0 amide bonds. The van der Waals surface area contributed by atoms with Gasteiger partial charge in [-0.2, -0.15) is 5.10 Å². The molecule has 0 unspecified atom stereocenters. The van der Waals surface area contributed by atoms with Crippen molar-refractivity contribution < 1.29 is 0 Å². The highest BCUT2D eigenvalue weighted by Gasteiger charge is 2.18. The van der Waals surface area contributed by atoms with Crippen molar-refractivity contribution in [1.29, 1.82) is 0 Å². The highest BCUT2D eigenvalue weighted by atomic mass is 15.3. The molecule has 0 atom stereocenters. The Morgan fingerprint density at radius 2 is 1.96 bits per heavy atom. The Balaban J connectivity index is 1.50. The van der Waals surface area contributed by atoms with Crippen LogP contribution in [0.2, 0.25) is 0 Å². The molecule has 0 aliphatic carbocycles. The second-order valence-electron chi connectivity index (χ2n) is 6.12. The Labute approximate surface area is 135 Å². The van der Waals surface area contributed by atoms with Gasteiger partial charge in [-0.1, -0.05) is 18.2 Å². The van der Waals surface area contributed by atoms with E-state index in [-0.39, 0.29) is 0 Å². The van der Waals surface area contributed by atoms with Gasteiger partial charge in [0.15, 0.2) is 0 Å². The molecule has 3 aromatic rings. The molecular formula is C17H20N6. The zero-order valence-corrected chi connectivity index (χ0v) is 13.2. The lowest BCUT2D eigenvalue weighted by Gasteiger charge is -2.28. The molecule has 1 N–H and O–H groups in total. The van der Waals surface area contributed by atoms with Crippen LogP contribution in [0.25, 0.3) is 10.9 Å². The van der Waals surface area contributed by atoms with Crippen molar-refractivity contribution >= 4 is 22.5 Å². The fourth-order valence-corrected chi connectivity index (χ4v) is 3.02. The quantitative estimate of drug-likeness (QED) is 0.806. The number of hydrogen-bond acceptors (Lipinski definition) is 5. The zero-order chi connectivity index (χ0) is 15.6. The molecule has 1 aliphatic heterocycles. The minimum atomic E-state index is 0.485. The fourth-order valence-electron chi connectivity index (χ4n) is 3.02. The highest BCUT2D eigenvalue weighted by molar-refractivity contribution is 5.78. The smallest absolute Gasteiger partial charge is 0.227 e. The number of fused-ring (bicyclic) bond motifs is 1. The normalized spacial score (nSPS) is 16.7. The minimum Gasteiger partial charge on any atom is -0.321 e. The molecule has 4 rings (SSSR count). The van der Waals surface area contributed by atoms with E-state index in [1.165, 1.54) is 0 Å². The van der Waals surface area contributed by atoms with Gasteiger partial charge in [-0.05, 0) is 39.0 Å². The van der Waals surface area contributed by atoms with Crippen LogP contribution in [-0.4, -0.2) is 44.8 Å². The summed E-state index contributed by atoms with van der Waals surface area (Å²) < 4.78 is 2.07. The van der Waals surface area contributed by atoms with E-state index in [1.807, 2.05) is 36.7 Å². The summed E-state index contributed by atoms with van der Waals surface area (Å²) in [4.78, 5) is 11.3. The molecule has 6 nitrogen and oxygen atoms in total. The van der Waals surface area contributed by atoms with Crippen molar-refractivity contribution in [3.63, 3.8) is 0 Å². The third-order valence-electron chi connectivity index (χ3n) is 4.41. The summed E-state index contributed by atoms with van der Waals surface area (Å²) >= 11 is 0. The van der Waals surface area contributed by atoms with Crippen LogP contribution in [-0.2, 0) is 0 Å². The van der Waals surface area contributed by atoms with Crippen LogP contribution in [0.15, 0.2) is 42.9 Å². The second-order valence-corrected chi connectivity index (χ2v) is 6.12. The van der Waals surface area contributed by atoms with Gasteiger partial charge in [0.05, 0.1) is 23.4 Å². The summed E-state index contributed by atoms with van der Waals surface area (Å²) in [5.41, 5.74) is 1.87. The van der Waals surface area contributed by atoms with Gasteiger partial charge < -0.3 is 10.2 Å². The van der Waals surface area contributed by atoms with Gasteiger partial charge in [0, 0.05) is 17.8 Å². The number of rotatable bonds is 3. The van der Waals surface area contributed by atoms with Crippen LogP contribution in [0.1, 0.15) is 18.9 Å². The van der Waals surface area contributed by atoms with E-state index in [0.29, 0.717) is 12.0 Å². The maximum Gasteiger partial charge on any atom is 0.227 e. The Morgan fingerprint density at radius 1 is 1.13 bits per heavy atom. The Morgan fingerprint density at radius 3 is 2.83 bits per heavy atom. The molecule has 0 radical (unpaired) electrons. The molecule has 0 saturated carbocycles. The Hall–Kier alpha value is -2.47. The summed E-state index contributed by atoms with van der Waals surface area (Å²) in [6.45, 7) is 2.25. The van der Waals surface area contributed by atoms with Crippen molar-refractivity contribution in [1.82, 2.24) is 24.6 Å². The standard InChI is InChI=1S/C17H20N6/c1-22-8-6-15(7-9-22)23-12-14(11-19-23)20-17-18-10-13-4-2-3-5-16(13)21-17/h2-5,10-12,15H,6-9H2,1H3,(H,18,20,21). The molecule has 1 fully saturated rings. The molecule has 23 heavy (non-hydrogen) atoms. The molecule has 6 heteroatoms. The number of anilines is 2. The van der Waals surface area contributed by atoms with Gasteiger partial charge >= 0.3 is 0 Å². The predicted octanol–water partition coefficient (Wildman–Crippen LogP) is 2.84. The number of nitrogens with zero attached hydrogens (tertiary/aromatic N) is 5. The zero-order valence-electron chi connectivity index (χ0n) is 13.2. The topological polar surface area (TPSA) is 58.9 Å². The first-order chi connectivity index (χ1) is 11.3. The number of hydrogen-bond donors (Lipinski definition) is 1. The summed E-state index contributed by atoms with van der Waals surface area (Å²) in [5.74, 6) is 0.603. The van der Waals surface area contributed by atoms with E-state index in [2.05, 4.69) is 43.2 Å². The third kappa shape index (κ3) is 3.03. The molecule has 1 aromatic carbocycles. The van der Waals surface area contributed by atoms with Crippen molar-refractivity contribution in [3.8, 4) is 0 Å². The number of piperidine rings is 1. The summed E-state index contributed by atoms with van der Waals surface area (Å²) in [6, 6.07) is 8.46. The highest BCUT2D eigenvalue weighted by Crippen LogP contribution is 2.23. The van der Waals surface area contributed by atoms with Crippen LogP contribution in [0.4, 0.5) is 11.6 Å². The maximum absolute atomic E-state index is 4.54. The van der Waals surface area contributed by atoms with Crippen LogP contribution in [0, 0.1) is 0 Å². The number of benzene rings is 1. The van der Waals surface area contributed by atoms with Crippen molar-refractivity contribution in [2.24, 2.45) is 0 Å². The van der Waals surface area contributed by atoms with E-state index in [1.54, 1.807) is 0 Å². The number of likely N-dealkylation sites (tertiary alicyclic amines) is 1. The maximum atomic E-state index is 4.54. The van der Waals surface area contributed by atoms with Crippen molar-refractivity contribution in [3.05, 3.63) is 42.9 Å². The molecule has 3 heterocycles. The minimum absolute atomic E-state index is 0.485. The SMILES string of the molecule is CN1CCC(n2cc(Nc3ncc4ccccc4n3)cn2)CC1. The van der Waals surface area contributed by atoms with Gasteiger partial charge in [0.2, 0.25) is 5.95 Å². The van der Waals surface area contributed by atoms with E-state index in [9.17, 15) is 0 Å². The third-order valence-corrected chi connectivity index (χ3v) is 4.41. The lowest BCUT2D eigenvalue weighted by molar-refractivity contribution is 0.212. The van der Waals surface area contributed by atoms with Gasteiger partial charge in [0.25, 0.3) is 0 Å². The first kappa shape index (κ1) is 14.1. The van der Waals surface area contributed by atoms with Gasteiger partial charge in [0.1, 0.15) is 0 Å².